The summed E-state index contributed by atoms with van der Waals surface area (Å²) in [6.07, 6.45) is 5.03. The predicted molar refractivity (Wildman–Crippen MR) is 113 cm³/mol. The van der Waals surface area contributed by atoms with Crippen molar-refractivity contribution in [3.8, 4) is 5.88 Å². The zero-order valence-electron chi connectivity index (χ0n) is 18.6. The summed E-state index contributed by atoms with van der Waals surface area (Å²) in [5.41, 5.74) is 0.544. The van der Waals surface area contributed by atoms with Crippen LogP contribution in [0, 0.1) is 17.0 Å². The fourth-order valence-electron chi connectivity index (χ4n) is 3.95. The van der Waals surface area contributed by atoms with Gasteiger partial charge in [-0.3, -0.25) is 14.8 Å². The van der Waals surface area contributed by atoms with E-state index in [1.807, 2.05) is 0 Å². The van der Waals surface area contributed by atoms with Crippen molar-refractivity contribution in [2.45, 2.75) is 96.2 Å². The van der Waals surface area contributed by atoms with Crippen molar-refractivity contribution in [2.24, 2.45) is 0 Å². The SMILES string of the molecule is Cc1c([N+](=O)[O-])c(OCCCO[Si](C)(C)C(C)(C)C)nn1C1CC2CCC(C1)O2. The Bertz CT molecular complexity index is 731. The highest BCUT2D eigenvalue weighted by atomic mass is 28.4. The largest absolute Gasteiger partial charge is 0.472 e. The fraction of sp³-hybridized carbons (Fsp3) is 0.850. The molecule has 1 aromatic rings. The molecule has 2 aliphatic rings. The lowest BCUT2D eigenvalue weighted by Crippen LogP contribution is -2.41. The molecular formula is C20H35N3O5Si. The first kappa shape index (κ1) is 22.2. The summed E-state index contributed by atoms with van der Waals surface area (Å²) in [5, 5.41) is 16.3. The highest BCUT2D eigenvalue weighted by Crippen LogP contribution is 2.41. The van der Waals surface area contributed by atoms with Gasteiger partial charge in [0.2, 0.25) is 0 Å². The van der Waals surface area contributed by atoms with Gasteiger partial charge in [0.25, 0.3) is 0 Å². The van der Waals surface area contributed by atoms with Crippen molar-refractivity contribution < 1.29 is 18.8 Å². The van der Waals surface area contributed by atoms with Gasteiger partial charge in [0, 0.05) is 13.0 Å². The minimum Gasteiger partial charge on any atom is -0.472 e. The third-order valence-corrected chi connectivity index (χ3v) is 11.2. The molecule has 3 rings (SSSR count). The van der Waals surface area contributed by atoms with E-state index in [1.54, 1.807) is 11.6 Å². The maximum absolute atomic E-state index is 11.6. The lowest BCUT2D eigenvalue weighted by Gasteiger charge is -2.36. The van der Waals surface area contributed by atoms with Gasteiger partial charge in [-0.1, -0.05) is 20.8 Å². The summed E-state index contributed by atoms with van der Waals surface area (Å²) in [6, 6.07) is 0.138. The van der Waals surface area contributed by atoms with E-state index in [0.29, 0.717) is 25.3 Å². The number of fused-ring (bicyclic) bond motifs is 2. The van der Waals surface area contributed by atoms with Crippen molar-refractivity contribution in [1.82, 2.24) is 9.78 Å². The molecule has 2 aliphatic heterocycles. The molecular weight excluding hydrogens is 390 g/mol. The summed E-state index contributed by atoms with van der Waals surface area (Å²) in [4.78, 5) is 11.3. The minimum absolute atomic E-state index is 0.0193. The molecule has 2 unspecified atom stereocenters. The zero-order chi connectivity index (χ0) is 21.4. The summed E-state index contributed by atoms with van der Waals surface area (Å²) in [6.45, 7) is 13.7. The Balaban J connectivity index is 1.61. The van der Waals surface area contributed by atoms with Crippen LogP contribution in [0.1, 0.15) is 64.6 Å². The van der Waals surface area contributed by atoms with Gasteiger partial charge in [-0.15, -0.1) is 5.10 Å². The third kappa shape index (κ3) is 4.83. The van der Waals surface area contributed by atoms with Gasteiger partial charge in [-0.2, -0.15) is 0 Å². The topological polar surface area (TPSA) is 88.7 Å². The van der Waals surface area contributed by atoms with Crippen LogP contribution in [0.3, 0.4) is 0 Å². The molecule has 29 heavy (non-hydrogen) atoms. The van der Waals surface area contributed by atoms with E-state index in [2.05, 4.69) is 39.0 Å². The average Bonchev–Trinajstić information content (AvgIpc) is 3.12. The number of nitrogens with zero attached hydrogens (tertiary/aromatic N) is 3. The maximum atomic E-state index is 11.6. The smallest absolute Gasteiger partial charge is 0.352 e. The van der Waals surface area contributed by atoms with Crippen LogP contribution in [-0.2, 0) is 9.16 Å². The van der Waals surface area contributed by atoms with Crippen LogP contribution < -0.4 is 4.74 Å². The number of aromatic nitrogens is 2. The molecule has 0 aliphatic carbocycles. The second-order valence-electron chi connectivity index (χ2n) is 9.83. The first-order valence-corrected chi connectivity index (χ1v) is 13.6. The van der Waals surface area contributed by atoms with Crippen LogP contribution in [0.4, 0.5) is 5.69 Å². The first-order valence-electron chi connectivity index (χ1n) is 10.7. The molecule has 0 N–H and O–H groups in total. The predicted octanol–water partition coefficient (Wildman–Crippen LogP) is 4.77. The Morgan fingerprint density at radius 1 is 1.24 bits per heavy atom. The Morgan fingerprint density at radius 3 is 2.41 bits per heavy atom. The van der Waals surface area contributed by atoms with Crippen LogP contribution in [0.25, 0.3) is 0 Å². The Labute approximate surface area is 174 Å². The van der Waals surface area contributed by atoms with Crippen LogP contribution in [0.5, 0.6) is 5.88 Å². The molecule has 2 atom stereocenters. The van der Waals surface area contributed by atoms with Crippen molar-refractivity contribution in [2.75, 3.05) is 13.2 Å². The lowest BCUT2D eigenvalue weighted by atomic mass is 10.0. The van der Waals surface area contributed by atoms with E-state index in [1.165, 1.54) is 0 Å². The van der Waals surface area contributed by atoms with Crippen LogP contribution in [0.15, 0.2) is 0 Å². The number of rotatable bonds is 8. The fourth-order valence-corrected chi connectivity index (χ4v) is 5.04. The number of ether oxygens (including phenoxy) is 2. The summed E-state index contributed by atoms with van der Waals surface area (Å²) < 4.78 is 19.6. The van der Waals surface area contributed by atoms with Gasteiger partial charge >= 0.3 is 11.6 Å². The highest BCUT2D eigenvalue weighted by Gasteiger charge is 2.39. The van der Waals surface area contributed by atoms with E-state index in [4.69, 9.17) is 13.9 Å². The molecule has 2 fully saturated rings. The quantitative estimate of drug-likeness (QED) is 0.258. The standard InChI is InChI=1S/C20H35N3O5Si/c1-14-18(23(24)25)19(26-10-7-11-27-29(5,6)20(2,3)4)21-22(14)15-12-16-8-9-17(13-15)28-16/h15-17H,7-13H2,1-6H3. The average molecular weight is 426 g/mol. The summed E-state index contributed by atoms with van der Waals surface area (Å²) in [7, 11) is -1.79. The second-order valence-corrected chi connectivity index (χ2v) is 14.6. The Kier molecular flexibility index (Phi) is 6.40. The van der Waals surface area contributed by atoms with E-state index < -0.39 is 8.32 Å². The highest BCUT2D eigenvalue weighted by molar-refractivity contribution is 6.74. The third-order valence-electron chi connectivity index (χ3n) is 6.68. The lowest BCUT2D eigenvalue weighted by molar-refractivity contribution is -0.386. The van der Waals surface area contributed by atoms with E-state index in [0.717, 1.165) is 25.7 Å². The van der Waals surface area contributed by atoms with E-state index >= 15 is 0 Å². The Morgan fingerprint density at radius 2 is 1.86 bits per heavy atom. The van der Waals surface area contributed by atoms with Crippen molar-refractivity contribution in [3.63, 3.8) is 0 Å². The van der Waals surface area contributed by atoms with Crippen molar-refractivity contribution in [3.05, 3.63) is 15.8 Å². The molecule has 2 bridgehead atoms. The molecule has 9 heteroatoms. The molecule has 0 saturated carbocycles. The van der Waals surface area contributed by atoms with E-state index in [9.17, 15) is 10.1 Å². The molecule has 0 amide bonds. The van der Waals surface area contributed by atoms with E-state index in [-0.39, 0.29) is 39.8 Å². The molecule has 0 radical (unpaired) electrons. The van der Waals surface area contributed by atoms with Gasteiger partial charge in [-0.25, -0.2) is 0 Å². The van der Waals surface area contributed by atoms with Crippen LogP contribution in [0.2, 0.25) is 18.1 Å². The Hall–Kier alpha value is -1.45. The van der Waals surface area contributed by atoms with Crippen molar-refractivity contribution in [1.29, 1.82) is 0 Å². The number of hydrogen-bond donors (Lipinski definition) is 0. The van der Waals surface area contributed by atoms with Gasteiger partial charge in [0.1, 0.15) is 5.69 Å². The zero-order valence-corrected chi connectivity index (χ0v) is 19.6. The molecule has 164 valence electrons. The molecule has 3 heterocycles. The second kappa shape index (κ2) is 8.35. The maximum Gasteiger partial charge on any atom is 0.352 e. The molecule has 0 spiro atoms. The normalized spacial score (nSPS) is 24.7. The molecule has 2 saturated heterocycles. The van der Waals surface area contributed by atoms with Gasteiger partial charge in [0.05, 0.1) is 29.8 Å². The summed E-state index contributed by atoms with van der Waals surface area (Å²) in [5.74, 6) is 0.124. The van der Waals surface area contributed by atoms with Crippen LogP contribution >= 0.6 is 0 Å². The number of hydrogen-bond acceptors (Lipinski definition) is 6. The summed E-state index contributed by atoms with van der Waals surface area (Å²) >= 11 is 0. The first-order chi connectivity index (χ1) is 13.5. The molecule has 8 nitrogen and oxygen atoms in total. The van der Waals surface area contributed by atoms with Gasteiger partial charge < -0.3 is 13.9 Å². The van der Waals surface area contributed by atoms with Gasteiger partial charge in [0.15, 0.2) is 8.32 Å². The molecule has 1 aromatic heterocycles. The van der Waals surface area contributed by atoms with Gasteiger partial charge in [-0.05, 0) is 50.7 Å². The molecule has 0 aromatic carbocycles. The van der Waals surface area contributed by atoms with Crippen LogP contribution in [-0.4, -0.2) is 48.4 Å². The minimum atomic E-state index is -1.79. The van der Waals surface area contributed by atoms with Crippen molar-refractivity contribution >= 4 is 14.0 Å². The monoisotopic (exact) mass is 425 g/mol. The number of nitro groups is 1.